The van der Waals surface area contributed by atoms with Crippen LogP contribution in [0, 0.1) is 18.8 Å². The van der Waals surface area contributed by atoms with Crippen molar-refractivity contribution >= 4 is 17.5 Å². The van der Waals surface area contributed by atoms with Crippen molar-refractivity contribution in [2.45, 2.75) is 45.6 Å². The summed E-state index contributed by atoms with van der Waals surface area (Å²) >= 11 is 0. The minimum Gasteiger partial charge on any atom is -0.341 e. The Morgan fingerprint density at radius 2 is 1.86 bits per heavy atom. The number of pyridine rings is 1. The van der Waals surface area contributed by atoms with Gasteiger partial charge in [0.1, 0.15) is 5.69 Å². The molecule has 1 aliphatic rings. The van der Waals surface area contributed by atoms with Crippen molar-refractivity contribution in [3.05, 3.63) is 64.1 Å². The van der Waals surface area contributed by atoms with E-state index in [9.17, 15) is 14.4 Å². The lowest BCUT2D eigenvalue weighted by Crippen LogP contribution is -2.42. The molecule has 1 saturated carbocycles. The van der Waals surface area contributed by atoms with Gasteiger partial charge in [-0.15, -0.1) is 0 Å². The number of hydrogen-bond donors (Lipinski definition) is 2. The van der Waals surface area contributed by atoms with Crippen LogP contribution in [0.25, 0.3) is 0 Å². The molecule has 3 rings (SSSR count). The molecule has 6 heteroatoms. The lowest BCUT2D eigenvalue weighted by molar-refractivity contribution is -0.137. The lowest BCUT2D eigenvalue weighted by atomic mass is 9.76. The summed E-state index contributed by atoms with van der Waals surface area (Å²) < 4.78 is 1.35. The summed E-state index contributed by atoms with van der Waals surface area (Å²) in [5.41, 5.74) is 1.87. The van der Waals surface area contributed by atoms with E-state index >= 15 is 0 Å². The molecule has 0 saturated heterocycles. The molecule has 1 aliphatic carbocycles. The first-order valence-corrected chi connectivity index (χ1v) is 10.2. The smallest absolute Gasteiger partial charge is 0.313 e. The molecular formula is C23H29N3O3. The minimum atomic E-state index is -0.823. The van der Waals surface area contributed by atoms with E-state index in [1.165, 1.54) is 17.1 Å². The number of amides is 2. The van der Waals surface area contributed by atoms with Crippen molar-refractivity contribution in [1.82, 2.24) is 9.88 Å². The molecule has 1 aromatic carbocycles. The highest BCUT2D eigenvalue weighted by Crippen LogP contribution is 2.38. The third-order valence-corrected chi connectivity index (χ3v) is 5.84. The molecule has 2 aromatic rings. The number of benzene rings is 1. The molecule has 1 fully saturated rings. The van der Waals surface area contributed by atoms with Crippen LogP contribution >= 0.6 is 0 Å². The van der Waals surface area contributed by atoms with E-state index in [4.69, 9.17) is 0 Å². The van der Waals surface area contributed by atoms with Crippen LogP contribution in [0.15, 0.2) is 47.4 Å². The molecule has 0 unspecified atom stereocenters. The summed E-state index contributed by atoms with van der Waals surface area (Å²) in [5, 5.41) is 5.41. The minimum absolute atomic E-state index is 0.0916. The average Bonchev–Trinajstić information content (AvgIpc) is 2.70. The summed E-state index contributed by atoms with van der Waals surface area (Å²) in [7, 11) is 1.59. The van der Waals surface area contributed by atoms with Gasteiger partial charge in [0, 0.05) is 13.2 Å². The maximum Gasteiger partial charge on any atom is 0.313 e. The highest BCUT2D eigenvalue weighted by Gasteiger charge is 2.31. The van der Waals surface area contributed by atoms with Crippen LogP contribution < -0.4 is 16.2 Å². The largest absolute Gasteiger partial charge is 0.341 e. The summed E-state index contributed by atoms with van der Waals surface area (Å²) in [4.78, 5) is 37.3. The van der Waals surface area contributed by atoms with Crippen molar-refractivity contribution in [3.63, 3.8) is 0 Å². The predicted molar refractivity (Wildman–Crippen MR) is 113 cm³/mol. The molecule has 1 heterocycles. The maximum atomic E-state index is 12.7. The van der Waals surface area contributed by atoms with Crippen LogP contribution in [-0.2, 0) is 16.6 Å². The van der Waals surface area contributed by atoms with Crippen molar-refractivity contribution in [1.29, 1.82) is 0 Å². The Morgan fingerprint density at radius 3 is 2.59 bits per heavy atom. The Hall–Kier alpha value is -2.89. The van der Waals surface area contributed by atoms with Gasteiger partial charge in [-0.05, 0) is 54.9 Å². The molecule has 6 nitrogen and oxygen atoms in total. The third-order valence-electron chi connectivity index (χ3n) is 5.84. The second-order valence-electron chi connectivity index (χ2n) is 8.13. The Balaban J connectivity index is 1.80. The van der Waals surface area contributed by atoms with E-state index in [1.807, 2.05) is 31.2 Å². The molecule has 0 aliphatic heterocycles. The van der Waals surface area contributed by atoms with E-state index < -0.39 is 11.8 Å². The van der Waals surface area contributed by atoms with Crippen LogP contribution in [0.3, 0.4) is 0 Å². The summed E-state index contributed by atoms with van der Waals surface area (Å²) in [6, 6.07) is 10.9. The fourth-order valence-electron chi connectivity index (χ4n) is 4.25. The van der Waals surface area contributed by atoms with Crippen LogP contribution in [-0.4, -0.2) is 16.4 Å². The number of aryl methyl sites for hydroxylation is 2. The Morgan fingerprint density at radius 1 is 1.10 bits per heavy atom. The van der Waals surface area contributed by atoms with Crippen molar-refractivity contribution in [3.8, 4) is 0 Å². The number of carbonyl (C=O) groups excluding carboxylic acids is 2. The summed E-state index contributed by atoms with van der Waals surface area (Å²) in [5.74, 6) is -0.669. The second-order valence-corrected chi connectivity index (χ2v) is 8.13. The lowest BCUT2D eigenvalue weighted by Gasteiger charge is -2.34. The quantitative estimate of drug-likeness (QED) is 0.780. The SMILES string of the molecule is Cc1ccccc1[C@H](NC(=O)C(=O)Nc1cccn(C)c1=O)[C@H]1CCC[C@@H](C)C1. The first kappa shape index (κ1) is 20.8. The number of rotatable bonds is 4. The van der Waals surface area contributed by atoms with Gasteiger partial charge in [0.15, 0.2) is 0 Å². The molecule has 0 radical (unpaired) electrons. The number of nitrogens with one attached hydrogen (secondary N) is 2. The monoisotopic (exact) mass is 395 g/mol. The van der Waals surface area contributed by atoms with Gasteiger partial charge in [-0.1, -0.05) is 44.0 Å². The van der Waals surface area contributed by atoms with Crippen LogP contribution in [0.5, 0.6) is 0 Å². The zero-order valence-corrected chi connectivity index (χ0v) is 17.3. The number of anilines is 1. The van der Waals surface area contributed by atoms with Gasteiger partial charge in [-0.2, -0.15) is 0 Å². The van der Waals surface area contributed by atoms with Gasteiger partial charge in [0.05, 0.1) is 6.04 Å². The summed E-state index contributed by atoms with van der Waals surface area (Å²) in [6.07, 6.45) is 5.94. The maximum absolute atomic E-state index is 12.7. The molecule has 2 amide bonds. The van der Waals surface area contributed by atoms with Gasteiger partial charge in [-0.3, -0.25) is 14.4 Å². The number of aromatic nitrogens is 1. The fraction of sp³-hybridized carbons (Fsp3) is 0.435. The molecule has 0 spiro atoms. The molecule has 2 N–H and O–H groups in total. The van der Waals surface area contributed by atoms with Crippen molar-refractivity contribution in [2.24, 2.45) is 18.9 Å². The van der Waals surface area contributed by atoms with Crippen LogP contribution in [0.1, 0.15) is 49.8 Å². The predicted octanol–water partition coefficient (Wildman–Crippen LogP) is 3.32. The molecule has 29 heavy (non-hydrogen) atoms. The molecule has 3 atom stereocenters. The topological polar surface area (TPSA) is 80.2 Å². The zero-order valence-electron chi connectivity index (χ0n) is 17.3. The van der Waals surface area contributed by atoms with E-state index in [0.717, 1.165) is 30.4 Å². The summed E-state index contributed by atoms with van der Waals surface area (Å²) in [6.45, 7) is 4.26. The van der Waals surface area contributed by atoms with E-state index in [1.54, 1.807) is 19.3 Å². The zero-order chi connectivity index (χ0) is 21.0. The highest BCUT2D eigenvalue weighted by molar-refractivity contribution is 6.39. The number of carbonyl (C=O) groups is 2. The van der Waals surface area contributed by atoms with Gasteiger partial charge in [0.2, 0.25) is 0 Å². The number of nitrogens with zero attached hydrogens (tertiary/aromatic N) is 1. The Labute approximate surface area is 171 Å². The van der Waals surface area contributed by atoms with Crippen LogP contribution in [0.2, 0.25) is 0 Å². The second kappa shape index (κ2) is 9.07. The molecule has 154 valence electrons. The standard InChI is InChI=1S/C23H29N3O3/c1-15-8-6-10-17(14-15)20(18-11-5-4-9-16(18)2)25-22(28)21(27)24-19-12-7-13-26(3)23(19)29/h4-5,7,9,11-13,15,17,20H,6,8,10,14H2,1-3H3,(H,24,27)(H,25,28)/t15-,17+,20-/m1/s1. The number of hydrogen-bond acceptors (Lipinski definition) is 3. The Bertz CT molecular complexity index is 950. The molecule has 0 bridgehead atoms. The van der Waals surface area contributed by atoms with Gasteiger partial charge < -0.3 is 15.2 Å². The highest BCUT2D eigenvalue weighted by atomic mass is 16.2. The van der Waals surface area contributed by atoms with E-state index in [2.05, 4.69) is 17.6 Å². The molecular weight excluding hydrogens is 366 g/mol. The third kappa shape index (κ3) is 4.94. The average molecular weight is 396 g/mol. The van der Waals surface area contributed by atoms with Crippen molar-refractivity contribution in [2.75, 3.05) is 5.32 Å². The van der Waals surface area contributed by atoms with Crippen LogP contribution in [0.4, 0.5) is 5.69 Å². The molecule has 1 aromatic heterocycles. The normalized spacial score (nSPS) is 20.0. The Kier molecular flexibility index (Phi) is 6.52. The first-order valence-electron chi connectivity index (χ1n) is 10.2. The fourth-order valence-corrected chi connectivity index (χ4v) is 4.25. The van der Waals surface area contributed by atoms with Crippen molar-refractivity contribution < 1.29 is 9.59 Å². The van der Waals surface area contributed by atoms with Gasteiger partial charge in [0.25, 0.3) is 5.56 Å². The van der Waals surface area contributed by atoms with E-state index in [-0.39, 0.29) is 23.2 Å². The van der Waals surface area contributed by atoms with Gasteiger partial charge >= 0.3 is 11.8 Å². The van der Waals surface area contributed by atoms with E-state index in [0.29, 0.717) is 5.92 Å². The first-order chi connectivity index (χ1) is 13.9. The van der Waals surface area contributed by atoms with Gasteiger partial charge in [-0.25, -0.2) is 0 Å².